The molecular formula is C8H16ClNO3S. The molecule has 0 atom stereocenters. The van der Waals surface area contributed by atoms with Crippen LogP contribution in [-0.2, 0) is 14.8 Å². The van der Waals surface area contributed by atoms with Crippen LogP contribution >= 0.6 is 11.6 Å². The predicted molar refractivity (Wildman–Crippen MR) is 56.1 cm³/mol. The lowest BCUT2D eigenvalue weighted by atomic mass is 9.80. The van der Waals surface area contributed by atoms with Crippen molar-refractivity contribution in [1.82, 2.24) is 4.72 Å². The van der Waals surface area contributed by atoms with Crippen LogP contribution in [0.3, 0.4) is 0 Å². The van der Waals surface area contributed by atoms with Gasteiger partial charge >= 0.3 is 0 Å². The molecule has 1 aliphatic rings. The van der Waals surface area contributed by atoms with Gasteiger partial charge in [0.2, 0.25) is 10.0 Å². The van der Waals surface area contributed by atoms with E-state index in [1.807, 2.05) is 0 Å². The third-order valence-corrected chi connectivity index (χ3v) is 4.40. The molecule has 4 nitrogen and oxygen atoms in total. The largest absolute Gasteiger partial charge is 0.377 e. The molecule has 1 saturated carbocycles. The Balaban J connectivity index is 2.39. The Hall–Kier alpha value is 0.160. The van der Waals surface area contributed by atoms with Gasteiger partial charge in [0.15, 0.2) is 0 Å². The molecule has 0 bridgehead atoms. The predicted octanol–water partition coefficient (Wildman–Crippen LogP) is 0.714. The van der Waals surface area contributed by atoms with Crippen LogP contribution in [0.1, 0.15) is 19.3 Å². The lowest BCUT2D eigenvalue weighted by molar-refractivity contribution is -0.0659. The number of methoxy groups -OCH3 is 1. The van der Waals surface area contributed by atoms with Gasteiger partial charge < -0.3 is 4.74 Å². The summed E-state index contributed by atoms with van der Waals surface area (Å²) in [5.41, 5.74) is -0.265. The van der Waals surface area contributed by atoms with E-state index in [-0.39, 0.29) is 17.2 Å². The molecule has 0 spiro atoms. The van der Waals surface area contributed by atoms with Crippen molar-refractivity contribution in [2.24, 2.45) is 0 Å². The minimum Gasteiger partial charge on any atom is -0.377 e. The number of ether oxygens (including phenoxy) is 1. The Morgan fingerprint density at radius 1 is 1.50 bits per heavy atom. The van der Waals surface area contributed by atoms with Crippen LogP contribution in [-0.4, -0.2) is 39.3 Å². The zero-order chi connectivity index (χ0) is 10.7. The summed E-state index contributed by atoms with van der Waals surface area (Å²) >= 11 is 5.37. The summed E-state index contributed by atoms with van der Waals surface area (Å²) in [5, 5.41) is 0. The number of hydrogen-bond donors (Lipinski definition) is 1. The summed E-state index contributed by atoms with van der Waals surface area (Å²) in [6.45, 7) is 0.364. The molecule has 0 unspecified atom stereocenters. The first kappa shape index (κ1) is 12.2. The van der Waals surface area contributed by atoms with Crippen molar-refractivity contribution >= 4 is 21.6 Å². The maximum atomic E-state index is 11.3. The molecule has 14 heavy (non-hydrogen) atoms. The number of nitrogens with one attached hydrogen (secondary N) is 1. The van der Waals surface area contributed by atoms with Crippen molar-refractivity contribution in [2.75, 3.05) is 25.3 Å². The number of hydrogen-bond acceptors (Lipinski definition) is 3. The number of alkyl halides is 1. The van der Waals surface area contributed by atoms with Crippen molar-refractivity contribution in [3.05, 3.63) is 0 Å². The average molecular weight is 242 g/mol. The first-order valence-corrected chi connectivity index (χ1v) is 6.81. The van der Waals surface area contributed by atoms with Crippen LogP contribution in [0.25, 0.3) is 0 Å². The van der Waals surface area contributed by atoms with Crippen molar-refractivity contribution in [1.29, 1.82) is 0 Å². The number of rotatable bonds is 6. The summed E-state index contributed by atoms with van der Waals surface area (Å²) in [5.74, 6) is 0.0870. The minimum absolute atomic E-state index is 0.0334. The highest BCUT2D eigenvalue weighted by Crippen LogP contribution is 2.34. The number of sulfonamides is 1. The van der Waals surface area contributed by atoms with Crippen LogP contribution in [0.15, 0.2) is 0 Å². The Bertz CT molecular complexity index is 269. The zero-order valence-corrected chi connectivity index (χ0v) is 9.83. The molecule has 0 amide bonds. The highest BCUT2D eigenvalue weighted by Gasteiger charge is 2.37. The van der Waals surface area contributed by atoms with Crippen LogP contribution in [0.4, 0.5) is 0 Å². The molecule has 84 valence electrons. The fraction of sp³-hybridized carbons (Fsp3) is 1.00. The van der Waals surface area contributed by atoms with E-state index in [0.29, 0.717) is 6.54 Å². The second-order valence-electron chi connectivity index (χ2n) is 3.57. The Morgan fingerprint density at radius 2 is 2.14 bits per heavy atom. The standard InChI is InChI=1S/C8H16ClNO3S/c1-13-8(3-2-4-8)7-10-14(11,12)6-5-9/h10H,2-7H2,1H3. The van der Waals surface area contributed by atoms with E-state index < -0.39 is 10.0 Å². The third kappa shape index (κ3) is 3.08. The molecule has 0 aromatic rings. The van der Waals surface area contributed by atoms with E-state index in [4.69, 9.17) is 16.3 Å². The third-order valence-electron chi connectivity index (χ3n) is 2.66. The van der Waals surface area contributed by atoms with E-state index in [0.717, 1.165) is 19.3 Å². The Kier molecular flexibility index (Phi) is 4.18. The molecule has 0 radical (unpaired) electrons. The molecule has 0 aromatic carbocycles. The fourth-order valence-electron chi connectivity index (χ4n) is 1.44. The fourth-order valence-corrected chi connectivity index (χ4v) is 2.88. The molecule has 6 heteroatoms. The molecule has 0 aliphatic heterocycles. The van der Waals surface area contributed by atoms with Gasteiger partial charge in [0.05, 0.1) is 11.4 Å². The van der Waals surface area contributed by atoms with E-state index in [2.05, 4.69) is 4.72 Å². The van der Waals surface area contributed by atoms with Gasteiger partial charge in [-0.05, 0) is 19.3 Å². The van der Waals surface area contributed by atoms with E-state index in [1.165, 1.54) is 0 Å². The summed E-state index contributed by atoms with van der Waals surface area (Å²) in [6.07, 6.45) is 2.95. The molecular weight excluding hydrogens is 226 g/mol. The van der Waals surface area contributed by atoms with E-state index in [9.17, 15) is 8.42 Å². The normalized spacial score (nSPS) is 20.4. The van der Waals surface area contributed by atoms with Gasteiger partial charge in [-0.3, -0.25) is 0 Å². The van der Waals surface area contributed by atoms with Crippen molar-refractivity contribution in [3.63, 3.8) is 0 Å². The molecule has 1 rings (SSSR count). The summed E-state index contributed by atoms with van der Waals surface area (Å²) in [7, 11) is -1.59. The van der Waals surface area contributed by atoms with Crippen LogP contribution in [0.2, 0.25) is 0 Å². The first-order chi connectivity index (χ1) is 6.54. The quantitative estimate of drug-likeness (QED) is 0.697. The Morgan fingerprint density at radius 3 is 2.50 bits per heavy atom. The average Bonchev–Trinajstić information content (AvgIpc) is 2.03. The minimum atomic E-state index is -3.21. The summed E-state index contributed by atoms with van der Waals surface area (Å²) in [6, 6.07) is 0. The molecule has 1 fully saturated rings. The van der Waals surface area contributed by atoms with Crippen molar-refractivity contribution in [2.45, 2.75) is 24.9 Å². The Labute approximate surface area is 90.0 Å². The molecule has 0 heterocycles. The second-order valence-corrected chi connectivity index (χ2v) is 5.87. The van der Waals surface area contributed by atoms with Gasteiger partial charge in [-0.25, -0.2) is 13.1 Å². The van der Waals surface area contributed by atoms with Gasteiger partial charge in [-0.15, -0.1) is 11.6 Å². The van der Waals surface area contributed by atoms with Gasteiger partial charge in [-0.2, -0.15) is 0 Å². The van der Waals surface area contributed by atoms with Gasteiger partial charge in [0.1, 0.15) is 0 Å². The van der Waals surface area contributed by atoms with E-state index in [1.54, 1.807) is 7.11 Å². The summed E-state index contributed by atoms with van der Waals surface area (Å²) < 4.78 is 30.4. The second kappa shape index (κ2) is 4.79. The molecule has 1 N–H and O–H groups in total. The lowest BCUT2D eigenvalue weighted by Crippen LogP contribution is -2.49. The maximum absolute atomic E-state index is 11.3. The van der Waals surface area contributed by atoms with E-state index >= 15 is 0 Å². The SMILES string of the molecule is COC1(CNS(=O)(=O)CCCl)CCC1. The smallest absolute Gasteiger partial charge is 0.212 e. The number of halogens is 1. The zero-order valence-electron chi connectivity index (χ0n) is 8.25. The topological polar surface area (TPSA) is 55.4 Å². The van der Waals surface area contributed by atoms with Crippen LogP contribution in [0, 0.1) is 0 Å². The summed E-state index contributed by atoms with van der Waals surface area (Å²) in [4.78, 5) is 0. The van der Waals surface area contributed by atoms with Crippen molar-refractivity contribution in [3.8, 4) is 0 Å². The van der Waals surface area contributed by atoms with Gasteiger partial charge in [0, 0.05) is 19.5 Å². The lowest BCUT2D eigenvalue weighted by Gasteiger charge is -2.40. The maximum Gasteiger partial charge on any atom is 0.212 e. The highest BCUT2D eigenvalue weighted by atomic mass is 35.5. The van der Waals surface area contributed by atoms with Crippen molar-refractivity contribution < 1.29 is 13.2 Å². The van der Waals surface area contributed by atoms with Crippen LogP contribution in [0.5, 0.6) is 0 Å². The molecule has 0 saturated heterocycles. The monoisotopic (exact) mass is 241 g/mol. The van der Waals surface area contributed by atoms with Gasteiger partial charge in [0.25, 0.3) is 0 Å². The van der Waals surface area contributed by atoms with Crippen LogP contribution < -0.4 is 4.72 Å². The highest BCUT2D eigenvalue weighted by molar-refractivity contribution is 7.89. The van der Waals surface area contributed by atoms with Gasteiger partial charge in [-0.1, -0.05) is 0 Å². The molecule has 1 aliphatic carbocycles. The molecule has 0 aromatic heterocycles. The first-order valence-electron chi connectivity index (χ1n) is 4.62.